The molecule has 0 bridgehead atoms. The number of nitrogens with zero attached hydrogens (tertiary/aromatic N) is 3. The van der Waals surface area contributed by atoms with Crippen LogP contribution in [0.5, 0.6) is 5.75 Å². The van der Waals surface area contributed by atoms with Gasteiger partial charge in [-0.2, -0.15) is 0 Å². The first kappa shape index (κ1) is 15.1. The zero-order valence-electron chi connectivity index (χ0n) is 13.5. The van der Waals surface area contributed by atoms with Crippen molar-refractivity contribution in [3.63, 3.8) is 0 Å². The predicted molar refractivity (Wildman–Crippen MR) is 85.9 cm³/mol. The molecule has 1 aliphatic heterocycles. The minimum atomic E-state index is 0.523. The zero-order valence-corrected chi connectivity index (χ0v) is 13.5. The van der Waals surface area contributed by atoms with Crippen molar-refractivity contribution < 1.29 is 9.15 Å². The molecule has 1 aromatic heterocycles. The van der Waals surface area contributed by atoms with Gasteiger partial charge in [-0.15, -0.1) is 0 Å². The molecule has 0 amide bonds. The van der Waals surface area contributed by atoms with Gasteiger partial charge in [0.1, 0.15) is 5.75 Å². The van der Waals surface area contributed by atoms with Crippen LogP contribution in [0.4, 0.5) is 0 Å². The minimum Gasteiger partial charge on any atom is -0.497 e. The Bertz CT molecular complexity index is 609. The van der Waals surface area contributed by atoms with E-state index in [9.17, 15) is 0 Å². The molecule has 1 unspecified atom stereocenters. The second-order valence-corrected chi connectivity index (χ2v) is 5.93. The van der Waals surface area contributed by atoms with Crippen LogP contribution < -0.4 is 4.74 Å². The first-order chi connectivity index (χ1) is 10.7. The molecule has 3 rings (SSSR count). The van der Waals surface area contributed by atoms with Gasteiger partial charge in [-0.3, -0.25) is 4.90 Å². The zero-order chi connectivity index (χ0) is 15.5. The highest BCUT2D eigenvalue weighted by atomic mass is 16.5. The summed E-state index contributed by atoms with van der Waals surface area (Å²) < 4.78 is 11.1. The smallest absolute Gasteiger partial charge is 0.209 e. The van der Waals surface area contributed by atoms with Crippen molar-refractivity contribution in [1.82, 2.24) is 14.8 Å². The maximum atomic E-state index is 5.91. The van der Waals surface area contributed by atoms with Crippen LogP contribution in [-0.4, -0.2) is 54.6 Å². The summed E-state index contributed by atoms with van der Waals surface area (Å²) in [5.74, 6) is 2.43. The molecule has 1 aromatic carbocycles. The lowest BCUT2D eigenvalue weighted by atomic mass is 10.2. The van der Waals surface area contributed by atoms with E-state index in [1.807, 2.05) is 24.3 Å². The fourth-order valence-corrected chi connectivity index (χ4v) is 2.86. The monoisotopic (exact) mass is 301 g/mol. The molecule has 118 valence electrons. The summed E-state index contributed by atoms with van der Waals surface area (Å²) in [5.41, 5.74) is 1.02. The van der Waals surface area contributed by atoms with Crippen molar-refractivity contribution in [2.75, 3.05) is 33.8 Å². The Balaban J connectivity index is 1.68. The molecule has 2 aromatic rings. The lowest BCUT2D eigenvalue weighted by molar-refractivity contribution is 0.0861. The SMILES string of the molecule is COc1ccc(-c2cnc(CN3CCN(C)CC3C)o2)cc1. The molecule has 0 saturated carbocycles. The molecule has 2 heterocycles. The first-order valence-corrected chi connectivity index (χ1v) is 7.67. The largest absolute Gasteiger partial charge is 0.497 e. The van der Waals surface area contributed by atoms with Crippen molar-refractivity contribution in [3.05, 3.63) is 36.4 Å². The van der Waals surface area contributed by atoms with Gasteiger partial charge in [-0.05, 0) is 38.2 Å². The van der Waals surface area contributed by atoms with E-state index in [1.54, 1.807) is 13.3 Å². The highest BCUT2D eigenvalue weighted by Gasteiger charge is 2.22. The van der Waals surface area contributed by atoms with E-state index >= 15 is 0 Å². The summed E-state index contributed by atoms with van der Waals surface area (Å²) in [6, 6.07) is 8.36. The third-order valence-electron chi connectivity index (χ3n) is 4.23. The molecule has 5 heteroatoms. The summed E-state index contributed by atoms with van der Waals surface area (Å²) >= 11 is 0. The summed E-state index contributed by atoms with van der Waals surface area (Å²) in [4.78, 5) is 9.21. The topological polar surface area (TPSA) is 41.7 Å². The van der Waals surface area contributed by atoms with Crippen LogP contribution in [0.2, 0.25) is 0 Å². The molecule has 1 saturated heterocycles. The van der Waals surface area contributed by atoms with Crippen LogP contribution in [0.25, 0.3) is 11.3 Å². The standard InChI is InChI=1S/C17H23N3O2/c1-13-11-19(2)8-9-20(13)12-17-18-10-16(22-17)14-4-6-15(21-3)7-5-14/h4-7,10,13H,8-9,11-12H2,1-3H3. The molecule has 1 fully saturated rings. The Morgan fingerprint density at radius 1 is 1.27 bits per heavy atom. The summed E-state index contributed by atoms with van der Waals surface area (Å²) in [6.45, 7) is 6.26. The number of benzene rings is 1. The lowest BCUT2D eigenvalue weighted by Crippen LogP contribution is -2.49. The Morgan fingerprint density at radius 2 is 2.05 bits per heavy atom. The summed E-state index contributed by atoms with van der Waals surface area (Å²) in [5, 5.41) is 0. The molecular weight excluding hydrogens is 278 g/mol. The molecule has 1 atom stereocenters. The van der Waals surface area contributed by atoms with Crippen LogP contribution in [0.15, 0.2) is 34.9 Å². The summed E-state index contributed by atoms with van der Waals surface area (Å²) in [6.07, 6.45) is 1.80. The Kier molecular flexibility index (Phi) is 4.45. The highest BCUT2D eigenvalue weighted by molar-refractivity contribution is 5.57. The van der Waals surface area contributed by atoms with Crippen LogP contribution in [0.1, 0.15) is 12.8 Å². The van der Waals surface area contributed by atoms with Crippen LogP contribution in [-0.2, 0) is 6.54 Å². The molecule has 1 aliphatic rings. The van der Waals surface area contributed by atoms with Gasteiger partial charge < -0.3 is 14.1 Å². The molecule has 5 nitrogen and oxygen atoms in total. The second kappa shape index (κ2) is 6.50. The Labute approximate surface area is 131 Å². The van der Waals surface area contributed by atoms with E-state index in [4.69, 9.17) is 9.15 Å². The van der Waals surface area contributed by atoms with Gasteiger partial charge in [0.2, 0.25) is 5.89 Å². The van der Waals surface area contributed by atoms with Crippen molar-refractivity contribution in [3.8, 4) is 17.1 Å². The average Bonchev–Trinajstić information content (AvgIpc) is 2.99. The van der Waals surface area contributed by atoms with Crippen molar-refractivity contribution in [2.45, 2.75) is 19.5 Å². The van der Waals surface area contributed by atoms with E-state index in [0.717, 1.165) is 49.1 Å². The first-order valence-electron chi connectivity index (χ1n) is 7.67. The van der Waals surface area contributed by atoms with Crippen molar-refractivity contribution >= 4 is 0 Å². The molecular formula is C17H23N3O2. The quantitative estimate of drug-likeness (QED) is 0.868. The number of methoxy groups -OCH3 is 1. The Morgan fingerprint density at radius 3 is 2.73 bits per heavy atom. The predicted octanol–water partition coefficient (Wildman–Crippen LogP) is 2.49. The number of hydrogen-bond acceptors (Lipinski definition) is 5. The van der Waals surface area contributed by atoms with E-state index < -0.39 is 0 Å². The van der Waals surface area contributed by atoms with Gasteiger partial charge >= 0.3 is 0 Å². The highest BCUT2D eigenvalue weighted by Crippen LogP contribution is 2.24. The normalized spacial score (nSPS) is 20.2. The fraction of sp³-hybridized carbons (Fsp3) is 0.471. The third kappa shape index (κ3) is 3.31. The maximum absolute atomic E-state index is 5.91. The third-order valence-corrected chi connectivity index (χ3v) is 4.23. The van der Waals surface area contributed by atoms with Gasteiger partial charge in [-0.1, -0.05) is 0 Å². The van der Waals surface area contributed by atoms with Gasteiger partial charge in [0.05, 0.1) is 19.9 Å². The van der Waals surface area contributed by atoms with Crippen molar-refractivity contribution in [1.29, 1.82) is 0 Å². The van der Waals surface area contributed by atoms with Crippen LogP contribution in [0.3, 0.4) is 0 Å². The van der Waals surface area contributed by atoms with Gasteiger partial charge in [0.15, 0.2) is 5.76 Å². The number of oxazole rings is 1. The molecule has 22 heavy (non-hydrogen) atoms. The number of likely N-dealkylation sites (N-methyl/N-ethyl adjacent to an activating group) is 1. The lowest BCUT2D eigenvalue weighted by Gasteiger charge is -2.37. The van der Waals surface area contributed by atoms with Gasteiger partial charge in [-0.25, -0.2) is 4.98 Å². The molecule has 0 aliphatic carbocycles. The van der Waals surface area contributed by atoms with Crippen LogP contribution >= 0.6 is 0 Å². The summed E-state index contributed by atoms with van der Waals surface area (Å²) in [7, 11) is 3.83. The van der Waals surface area contributed by atoms with Crippen molar-refractivity contribution in [2.24, 2.45) is 0 Å². The molecule has 0 radical (unpaired) electrons. The number of rotatable bonds is 4. The van der Waals surface area contributed by atoms with Gasteiger partial charge in [0.25, 0.3) is 0 Å². The van der Waals surface area contributed by atoms with E-state index in [1.165, 1.54) is 0 Å². The number of ether oxygens (including phenoxy) is 1. The van der Waals surface area contributed by atoms with E-state index in [2.05, 4.69) is 28.8 Å². The number of piperazine rings is 1. The van der Waals surface area contributed by atoms with Gasteiger partial charge in [0, 0.05) is 31.2 Å². The number of hydrogen-bond donors (Lipinski definition) is 0. The number of aromatic nitrogens is 1. The van der Waals surface area contributed by atoms with E-state index in [0.29, 0.717) is 6.04 Å². The average molecular weight is 301 g/mol. The maximum Gasteiger partial charge on any atom is 0.209 e. The van der Waals surface area contributed by atoms with E-state index in [-0.39, 0.29) is 0 Å². The fourth-order valence-electron chi connectivity index (χ4n) is 2.86. The minimum absolute atomic E-state index is 0.523. The molecule has 0 N–H and O–H groups in total. The molecule has 0 spiro atoms. The second-order valence-electron chi connectivity index (χ2n) is 5.93. The Hall–Kier alpha value is -1.85. The van der Waals surface area contributed by atoms with Crippen LogP contribution in [0, 0.1) is 0 Å².